The summed E-state index contributed by atoms with van der Waals surface area (Å²) >= 11 is 5.97. The van der Waals surface area contributed by atoms with Crippen molar-refractivity contribution >= 4 is 35.4 Å². The van der Waals surface area contributed by atoms with Crippen LogP contribution in [0.5, 0.6) is 0 Å². The lowest BCUT2D eigenvalue weighted by Crippen LogP contribution is -2.21. The number of furan rings is 1. The fourth-order valence-electron chi connectivity index (χ4n) is 1.67. The molecule has 6 nitrogen and oxygen atoms in total. The highest BCUT2D eigenvalue weighted by molar-refractivity contribution is 6.33. The Morgan fingerprint density at radius 3 is 2.71 bits per heavy atom. The zero-order valence-electron chi connectivity index (χ0n) is 11.0. The molecule has 21 heavy (non-hydrogen) atoms. The zero-order chi connectivity index (χ0) is 14.4. The van der Waals surface area contributed by atoms with E-state index in [-0.39, 0.29) is 18.1 Å². The normalized spacial score (nSPS) is 9.95. The third-order valence-corrected chi connectivity index (χ3v) is 2.97. The zero-order valence-corrected chi connectivity index (χ0v) is 12.6. The maximum atomic E-state index is 10.6. The molecule has 0 radical (unpaired) electrons. The van der Waals surface area contributed by atoms with Gasteiger partial charge in [-0.2, -0.15) is 0 Å². The number of halogens is 2. The number of benzene rings is 1. The minimum atomic E-state index is -0.472. The fraction of sp³-hybridized carbons (Fsp3) is 0.231. The molecule has 2 aromatic rings. The van der Waals surface area contributed by atoms with E-state index in [2.05, 4.69) is 10.6 Å². The summed E-state index contributed by atoms with van der Waals surface area (Å²) in [4.78, 5) is 10.1. The van der Waals surface area contributed by atoms with Gasteiger partial charge in [-0.1, -0.05) is 11.6 Å². The molecule has 0 unspecified atom stereocenters. The monoisotopic (exact) mass is 331 g/mol. The van der Waals surface area contributed by atoms with E-state index in [0.717, 1.165) is 5.76 Å². The molecule has 2 N–H and O–H groups in total. The summed E-state index contributed by atoms with van der Waals surface area (Å²) in [6.45, 7) is 2.02. The summed E-state index contributed by atoms with van der Waals surface area (Å²) in [6.07, 6.45) is 1.63. The quantitative estimate of drug-likeness (QED) is 0.461. The van der Waals surface area contributed by atoms with Gasteiger partial charge < -0.3 is 15.1 Å². The van der Waals surface area contributed by atoms with Crippen LogP contribution in [0.2, 0.25) is 5.02 Å². The molecule has 1 heterocycles. The van der Waals surface area contributed by atoms with E-state index in [0.29, 0.717) is 30.3 Å². The van der Waals surface area contributed by atoms with Gasteiger partial charge in [0.15, 0.2) is 0 Å². The maximum absolute atomic E-state index is 10.6. The first-order valence-corrected chi connectivity index (χ1v) is 6.45. The second-order valence-electron chi connectivity index (χ2n) is 4.10. The van der Waals surface area contributed by atoms with Crippen LogP contribution in [0.3, 0.4) is 0 Å². The van der Waals surface area contributed by atoms with Crippen LogP contribution < -0.4 is 10.6 Å². The molecule has 1 aromatic heterocycles. The van der Waals surface area contributed by atoms with Gasteiger partial charge in [-0.05, 0) is 18.2 Å². The van der Waals surface area contributed by atoms with Gasteiger partial charge in [0.1, 0.15) is 5.76 Å². The van der Waals surface area contributed by atoms with Gasteiger partial charge >= 0.3 is 0 Å². The molecule has 0 spiro atoms. The first kappa shape index (κ1) is 17.3. The maximum Gasteiger partial charge on any atom is 0.271 e. The Morgan fingerprint density at radius 2 is 2.10 bits per heavy atom. The smallest absolute Gasteiger partial charge is 0.271 e. The van der Waals surface area contributed by atoms with Crippen molar-refractivity contribution in [3.63, 3.8) is 0 Å². The van der Waals surface area contributed by atoms with Crippen molar-refractivity contribution in [2.75, 3.05) is 18.4 Å². The molecule has 0 saturated heterocycles. The second-order valence-corrected chi connectivity index (χ2v) is 4.51. The lowest BCUT2D eigenvalue weighted by molar-refractivity contribution is -0.384. The highest BCUT2D eigenvalue weighted by Crippen LogP contribution is 2.26. The Labute approximate surface area is 133 Å². The number of nitrogens with zero attached hydrogens (tertiary/aromatic N) is 1. The van der Waals surface area contributed by atoms with Gasteiger partial charge in [0, 0.05) is 25.2 Å². The van der Waals surface area contributed by atoms with Crippen molar-refractivity contribution in [2.45, 2.75) is 6.54 Å². The van der Waals surface area contributed by atoms with Crippen molar-refractivity contribution in [2.24, 2.45) is 0 Å². The number of hydrogen-bond donors (Lipinski definition) is 2. The summed E-state index contributed by atoms with van der Waals surface area (Å²) in [5.74, 6) is 0.873. The first-order valence-electron chi connectivity index (χ1n) is 6.08. The van der Waals surface area contributed by atoms with Crippen LogP contribution in [-0.4, -0.2) is 18.0 Å². The third-order valence-electron chi connectivity index (χ3n) is 2.66. The number of nitro benzene ring substituents is 1. The Balaban J connectivity index is 0.00000220. The molecule has 0 saturated carbocycles. The number of anilines is 1. The van der Waals surface area contributed by atoms with Crippen molar-refractivity contribution in [3.05, 3.63) is 57.5 Å². The minimum absolute atomic E-state index is 0. The van der Waals surface area contributed by atoms with E-state index in [1.807, 2.05) is 12.1 Å². The summed E-state index contributed by atoms with van der Waals surface area (Å²) in [5, 5.41) is 17.2. The first-order chi connectivity index (χ1) is 9.66. The van der Waals surface area contributed by atoms with Crippen molar-refractivity contribution < 1.29 is 9.34 Å². The summed E-state index contributed by atoms with van der Waals surface area (Å²) in [5.41, 5.74) is 0.661. The molecule has 0 aliphatic carbocycles. The van der Waals surface area contributed by atoms with Crippen LogP contribution in [0.1, 0.15) is 5.76 Å². The van der Waals surface area contributed by atoms with Crippen LogP contribution in [0.15, 0.2) is 41.0 Å². The molecule has 114 valence electrons. The van der Waals surface area contributed by atoms with E-state index < -0.39 is 4.92 Å². The number of nitrogens with one attached hydrogen (secondary N) is 2. The number of hydrogen-bond acceptors (Lipinski definition) is 5. The van der Waals surface area contributed by atoms with Gasteiger partial charge in [-0.25, -0.2) is 0 Å². The number of non-ortho nitro benzene ring substituents is 1. The lowest BCUT2D eigenvalue weighted by Gasteiger charge is -2.08. The van der Waals surface area contributed by atoms with Crippen LogP contribution in [0.4, 0.5) is 11.4 Å². The fourth-order valence-corrected chi connectivity index (χ4v) is 1.91. The molecule has 0 amide bonds. The molecule has 0 atom stereocenters. The third kappa shape index (κ3) is 5.26. The van der Waals surface area contributed by atoms with E-state index >= 15 is 0 Å². The molecule has 0 aliphatic heterocycles. The van der Waals surface area contributed by atoms with Crippen molar-refractivity contribution in [1.82, 2.24) is 5.32 Å². The van der Waals surface area contributed by atoms with Gasteiger partial charge in [0.25, 0.3) is 5.69 Å². The van der Waals surface area contributed by atoms with Gasteiger partial charge in [0.05, 0.1) is 28.4 Å². The highest BCUT2D eigenvalue weighted by atomic mass is 35.5. The van der Waals surface area contributed by atoms with E-state index in [9.17, 15) is 10.1 Å². The molecule has 0 bridgehead atoms. The molecular formula is C13H15Cl2N3O3. The molecule has 0 aliphatic rings. The lowest BCUT2D eigenvalue weighted by atomic mass is 10.3. The van der Waals surface area contributed by atoms with E-state index in [1.54, 1.807) is 12.3 Å². The van der Waals surface area contributed by atoms with Crippen LogP contribution in [-0.2, 0) is 6.54 Å². The Bertz CT molecular complexity index is 576. The second kappa shape index (κ2) is 8.51. The van der Waals surface area contributed by atoms with Gasteiger partial charge in [-0.3, -0.25) is 10.1 Å². The van der Waals surface area contributed by atoms with Crippen LogP contribution in [0, 0.1) is 10.1 Å². The number of rotatable bonds is 7. The van der Waals surface area contributed by atoms with Crippen molar-refractivity contribution in [3.8, 4) is 0 Å². The Kier molecular flexibility index (Phi) is 7.01. The molecule has 8 heteroatoms. The SMILES string of the molecule is Cl.O=[N+]([O-])c1ccc(NCCNCc2ccco2)c(Cl)c1. The summed E-state index contributed by atoms with van der Waals surface area (Å²) < 4.78 is 5.19. The Hall–Kier alpha value is -1.76. The molecule has 2 rings (SSSR count). The van der Waals surface area contributed by atoms with E-state index in [1.165, 1.54) is 12.1 Å². The minimum Gasteiger partial charge on any atom is -0.468 e. The average Bonchev–Trinajstić information content (AvgIpc) is 2.93. The van der Waals surface area contributed by atoms with Gasteiger partial charge in [0.2, 0.25) is 0 Å². The van der Waals surface area contributed by atoms with Crippen LogP contribution >= 0.6 is 24.0 Å². The standard InChI is InChI=1S/C13H14ClN3O3.ClH/c14-12-8-10(17(18)19)3-4-13(12)16-6-5-15-9-11-2-1-7-20-11;/h1-4,7-8,15-16H,5-6,9H2;1H. The van der Waals surface area contributed by atoms with Crippen LogP contribution in [0.25, 0.3) is 0 Å². The average molecular weight is 332 g/mol. The topological polar surface area (TPSA) is 80.3 Å². The molecule has 1 aromatic carbocycles. The highest BCUT2D eigenvalue weighted by Gasteiger charge is 2.08. The van der Waals surface area contributed by atoms with Crippen molar-refractivity contribution in [1.29, 1.82) is 0 Å². The largest absolute Gasteiger partial charge is 0.468 e. The summed E-state index contributed by atoms with van der Waals surface area (Å²) in [6, 6.07) is 8.09. The Morgan fingerprint density at radius 1 is 1.29 bits per heavy atom. The molecular weight excluding hydrogens is 317 g/mol. The predicted octanol–water partition coefficient (Wildman–Crippen LogP) is 3.46. The predicted molar refractivity (Wildman–Crippen MR) is 84.3 cm³/mol. The summed E-state index contributed by atoms with van der Waals surface area (Å²) in [7, 11) is 0. The number of nitro groups is 1. The van der Waals surface area contributed by atoms with E-state index in [4.69, 9.17) is 16.0 Å². The molecule has 0 fully saturated rings. The van der Waals surface area contributed by atoms with Gasteiger partial charge in [-0.15, -0.1) is 12.4 Å².